The molecule has 0 unspecified atom stereocenters. The number of carbonyl (C=O) groups excluding carboxylic acids is 1. The van der Waals surface area contributed by atoms with Crippen molar-refractivity contribution in [2.75, 3.05) is 19.8 Å². The van der Waals surface area contributed by atoms with E-state index in [1.54, 1.807) is 0 Å². The molecule has 1 saturated heterocycles. The number of halogens is 1. The zero-order valence-electron chi connectivity index (χ0n) is 12.8. The summed E-state index contributed by atoms with van der Waals surface area (Å²) in [5, 5.41) is 2.95. The Bertz CT molecular complexity index is 329. The van der Waals surface area contributed by atoms with Crippen molar-refractivity contribution in [3.8, 4) is 0 Å². The molecule has 2 fully saturated rings. The van der Waals surface area contributed by atoms with Crippen molar-refractivity contribution in [2.45, 2.75) is 64.1 Å². The van der Waals surface area contributed by atoms with Crippen molar-refractivity contribution in [3.05, 3.63) is 0 Å². The van der Waals surface area contributed by atoms with E-state index in [-0.39, 0.29) is 24.7 Å². The summed E-state index contributed by atoms with van der Waals surface area (Å²) in [6, 6.07) is 0.800. The molecule has 1 N–H and O–H groups in total. The number of rotatable bonds is 3. The molecule has 20 heavy (non-hydrogen) atoms. The number of ether oxygens (including phenoxy) is 1. The highest BCUT2D eigenvalue weighted by atomic mass is 19.1. The maximum Gasteiger partial charge on any atom is 0.407 e. The van der Waals surface area contributed by atoms with E-state index in [1.807, 2.05) is 20.8 Å². The van der Waals surface area contributed by atoms with Gasteiger partial charge in [0.1, 0.15) is 5.60 Å². The van der Waals surface area contributed by atoms with Gasteiger partial charge in [0.25, 0.3) is 0 Å². The number of alkyl carbamates (subject to hydrolysis) is 1. The molecule has 0 spiro atoms. The lowest BCUT2D eigenvalue weighted by Gasteiger charge is -2.45. The molecule has 4 nitrogen and oxygen atoms in total. The van der Waals surface area contributed by atoms with E-state index in [1.165, 1.54) is 0 Å². The van der Waals surface area contributed by atoms with Gasteiger partial charge in [-0.25, -0.2) is 4.79 Å². The summed E-state index contributed by atoms with van der Waals surface area (Å²) in [4.78, 5) is 14.1. The Balaban J connectivity index is 1.66. The van der Waals surface area contributed by atoms with Crippen LogP contribution in [0.5, 0.6) is 0 Å². The summed E-state index contributed by atoms with van der Waals surface area (Å²) in [7, 11) is 0. The van der Waals surface area contributed by atoms with E-state index in [0.717, 1.165) is 38.8 Å². The second kappa shape index (κ2) is 6.29. The van der Waals surface area contributed by atoms with Gasteiger partial charge in [0, 0.05) is 31.1 Å². The van der Waals surface area contributed by atoms with Crippen LogP contribution in [-0.2, 0) is 4.74 Å². The van der Waals surface area contributed by atoms with Crippen LogP contribution in [0.2, 0.25) is 0 Å². The fraction of sp³-hybridized carbons (Fsp3) is 0.933. The smallest absolute Gasteiger partial charge is 0.407 e. The first-order chi connectivity index (χ1) is 9.37. The average molecular weight is 286 g/mol. The van der Waals surface area contributed by atoms with Gasteiger partial charge in [-0.15, -0.1) is 0 Å². The second-order valence-corrected chi connectivity index (χ2v) is 7.13. The normalized spacial score (nSPS) is 28.8. The molecule has 116 valence electrons. The van der Waals surface area contributed by atoms with Crippen LogP contribution in [0, 0.1) is 5.92 Å². The molecule has 2 rings (SSSR count). The van der Waals surface area contributed by atoms with Crippen LogP contribution in [0.25, 0.3) is 0 Å². The predicted molar refractivity (Wildman–Crippen MR) is 76.5 cm³/mol. The van der Waals surface area contributed by atoms with Gasteiger partial charge in [0.2, 0.25) is 0 Å². The summed E-state index contributed by atoms with van der Waals surface area (Å²) in [5.41, 5.74) is -0.444. The predicted octanol–water partition coefficient (Wildman–Crippen LogP) is 2.72. The van der Waals surface area contributed by atoms with Crippen molar-refractivity contribution in [3.63, 3.8) is 0 Å². The van der Waals surface area contributed by atoms with Gasteiger partial charge in [0.15, 0.2) is 0 Å². The van der Waals surface area contributed by atoms with E-state index < -0.39 is 5.60 Å². The van der Waals surface area contributed by atoms with Crippen LogP contribution < -0.4 is 5.32 Å². The SMILES string of the molecule is CC(C)(C)OC(=O)N[C@H]1CC[C@H](N2CC(CF)C2)CC1. The standard InChI is InChI=1S/C15H27FN2O2/c1-15(2,3)20-14(19)17-12-4-6-13(7-5-12)18-9-11(8-16)10-18/h11-13H,4-10H2,1-3H3,(H,17,19)/t12-,13-. The molecular formula is C15H27FN2O2. The van der Waals surface area contributed by atoms with E-state index in [0.29, 0.717) is 6.04 Å². The highest BCUT2D eigenvalue weighted by Crippen LogP contribution is 2.29. The number of amides is 1. The first-order valence-corrected chi connectivity index (χ1v) is 7.67. The molecule has 1 heterocycles. The molecule has 1 aliphatic carbocycles. The Morgan fingerprint density at radius 1 is 1.25 bits per heavy atom. The number of carbonyl (C=O) groups is 1. The lowest BCUT2D eigenvalue weighted by atomic mass is 9.87. The highest BCUT2D eigenvalue weighted by Gasteiger charge is 2.34. The Morgan fingerprint density at radius 3 is 2.35 bits per heavy atom. The summed E-state index contributed by atoms with van der Waals surface area (Å²) in [6.45, 7) is 7.24. The van der Waals surface area contributed by atoms with Gasteiger partial charge in [-0.05, 0) is 46.5 Å². The number of nitrogens with zero attached hydrogens (tertiary/aromatic N) is 1. The van der Waals surface area contributed by atoms with Crippen molar-refractivity contribution in [1.29, 1.82) is 0 Å². The van der Waals surface area contributed by atoms with Crippen molar-refractivity contribution in [1.82, 2.24) is 10.2 Å². The van der Waals surface area contributed by atoms with Crippen molar-refractivity contribution in [2.24, 2.45) is 5.92 Å². The van der Waals surface area contributed by atoms with Gasteiger partial charge in [-0.3, -0.25) is 9.29 Å². The third kappa shape index (κ3) is 4.33. The van der Waals surface area contributed by atoms with Crippen LogP contribution in [0.1, 0.15) is 46.5 Å². The number of nitrogens with one attached hydrogen (secondary N) is 1. The summed E-state index contributed by atoms with van der Waals surface area (Å²) in [6.07, 6.45) is 3.82. The third-order valence-corrected chi connectivity index (χ3v) is 4.14. The van der Waals surface area contributed by atoms with Crippen LogP contribution in [0.4, 0.5) is 9.18 Å². The molecule has 1 saturated carbocycles. The van der Waals surface area contributed by atoms with E-state index in [4.69, 9.17) is 4.74 Å². The van der Waals surface area contributed by atoms with E-state index in [2.05, 4.69) is 10.2 Å². The molecule has 0 atom stereocenters. The zero-order chi connectivity index (χ0) is 14.8. The molecule has 1 aliphatic heterocycles. The molecule has 0 aromatic carbocycles. The lowest BCUT2D eigenvalue weighted by molar-refractivity contribution is 0.0174. The van der Waals surface area contributed by atoms with Crippen LogP contribution in [0.3, 0.4) is 0 Å². The Morgan fingerprint density at radius 2 is 1.85 bits per heavy atom. The first kappa shape index (κ1) is 15.5. The van der Waals surface area contributed by atoms with Gasteiger partial charge in [0.05, 0.1) is 6.67 Å². The molecule has 0 bridgehead atoms. The molecule has 0 aromatic rings. The van der Waals surface area contributed by atoms with Crippen molar-refractivity contribution < 1.29 is 13.9 Å². The third-order valence-electron chi connectivity index (χ3n) is 4.14. The van der Waals surface area contributed by atoms with Crippen LogP contribution in [0.15, 0.2) is 0 Å². The highest BCUT2D eigenvalue weighted by molar-refractivity contribution is 5.68. The summed E-state index contributed by atoms with van der Waals surface area (Å²) in [5.74, 6) is 0.257. The minimum atomic E-state index is -0.444. The molecule has 0 radical (unpaired) electrons. The fourth-order valence-electron chi connectivity index (χ4n) is 3.07. The number of alkyl halides is 1. The molecule has 0 aromatic heterocycles. The maximum atomic E-state index is 12.4. The summed E-state index contributed by atoms with van der Waals surface area (Å²) < 4.78 is 17.7. The average Bonchev–Trinajstić information content (AvgIpc) is 2.27. The van der Waals surface area contributed by atoms with Gasteiger partial charge < -0.3 is 10.1 Å². The van der Waals surface area contributed by atoms with Gasteiger partial charge >= 0.3 is 6.09 Å². The topological polar surface area (TPSA) is 41.6 Å². The molecule has 2 aliphatic rings. The number of likely N-dealkylation sites (tertiary alicyclic amines) is 1. The van der Waals surface area contributed by atoms with Gasteiger partial charge in [-0.1, -0.05) is 0 Å². The molecular weight excluding hydrogens is 259 g/mol. The van der Waals surface area contributed by atoms with Crippen LogP contribution >= 0.6 is 0 Å². The Kier molecular flexibility index (Phi) is 4.89. The summed E-state index contributed by atoms with van der Waals surface area (Å²) >= 11 is 0. The number of hydrogen-bond acceptors (Lipinski definition) is 3. The van der Waals surface area contributed by atoms with Gasteiger partial charge in [-0.2, -0.15) is 0 Å². The minimum Gasteiger partial charge on any atom is -0.444 e. The zero-order valence-corrected chi connectivity index (χ0v) is 12.8. The fourth-order valence-corrected chi connectivity index (χ4v) is 3.07. The first-order valence-electron chi connectivity index (χ1n) is 7.67. The monoisotopic (exact) mass is 286 g/mol. The van der Waals surface area contributed by atoms with Crippen molar-refractivity contribution >= 4 is 6.09 Å². The molecule has 5 heteroatoms. The quantitative estimate of drug-likeness (QED) is 0.867. The van der Waals surface area contributed by atoms with E-state index in [9.17, 15) is 9.18 Å². The minimum absolute atomic E-state index is 0.188. The molecule has 1 amide bonds. The number of hydrogen-bond donors (Lipinski definition) is 1. The maximum absolute atomic E-state index is 12.4. The second-order valence-electron chi connectivity index (χ2n) is 7.13. The Labute approximate surface area is 121 Å². The lowest BCUT2D eigenvalue weighted by Crippen LogP contribution is -2.54. The van der Waals surface area contributed by atoms with Crippen LogP contribution in [-0.4, -0.2) is 48.4 Å². The van der Waals surface area contributed by atoms with E-state index >= 15 is 0 Å². The Hall–Kier alpha value is -0.840. The largest absolute Gasteiger partial charge is 0.444 e.